The van der Waals surface area contributed by atoms with Crippen LogP contribution in [0.4, 0.5) is 0 Å². The van der Waals surface area contributed by atoms with E-state index in [2.05, 4.69) is 19.2 Å². The van der Waals surface area contributed by atoms with Crippen LogP contribution in [-0.4, -0.2) is 24.2 Å². The number of carbonyl (C=O) groups is 1. The summed E-state index contributed by atoms with van der Waals surface area (Å²) in [5.74, 6) is 0.959. The maximum absolute atomic E-state index is 11.8. The molecule has 4 nitrogen and oxygen atoms in total. The molecule has 0 heterocycles. The first-order valence-electron chi connectivity index (χ1n) is 8.28. The molecular formula is C20H25NO3. The molecule has 0 spiro atoms. The third-order valence-electron chi connectivity index (χ3n) is 3.84. The summed E-state index contributed by atoms with van der Waals surface area (Å²) in [6, 6.07) is 17.2. The van der Waals surface area contributed by atoms with Crippen molar-refractivity contribution in [3.8, 4) is 5.75 Å². The van der Waals surface area contributed by atoms with E-state index in [-0.39, 0.29) is 12.5 Å². The van der Waals surface area contributed by atoms with Crippen LogP contribution >= 0.6 is 0 Å². The average Bonchev–Trinajstić information content (AvgIpc) is 2.61. The number of ether oxygens (including phenoxy) is 1. The molecule has 1 unspecified atom stereocenters. The lowest BCUT2D eigenvalue weighted by molar-refractivity contribution is -0.123. The predicted molar refractivity (Wildman–Crippen MR) is 95.1 cm³/mol. The minimum Gasteiger partial charge on any atom is -0.484 e. The first kappa shape index (κ1) is 18.0. The molecule has 128 valence electrons. The number of nitrogens with one attached hydrogen (secondary N) is 1. The van der Waals surface area contributed by atoms with Crippen LogP contribution in [0.15, 0.2) is 54.6 Å². The Labute approximate surface area is 143 Å². The fourth-order valence-corrected chi connectivity index (χ4v) is 2.34. The number of aliphatic hydroxyl groups is 1. The highest BCUT2D eigenvalue weighted by Gasteiger charge is 2.08. The number of carbonyl (C=O) groups excluding carboxylic acids is 1. The number of aliphatic hydroxyl groups excluding tert-OH is 1. The van der Waals surface area contributed by atoms with Gasteiger partial charge < -0.3 is 15.2 Å². The maximum Gasteiger partial charge on any atom is 0.257 e. The molecule has 0 aliphatic rings. The molecule has 2 aromatic rings. The van der Waals surface area contributed by atoms with Crippen molar-refractivity contribution in [2.24, 2.45) is 0 Å². The molecular weight excluding hydrogens is 302 g/mol. The Morgan fingerprint density at radius 2 is 1.71 bits per heavy atom. The standard InChI is InChI=1S/C20H25NO3/c1-15(2)16-8-10-18(11-9-16)24-14-20(23)21-13-12-19(22)17-6-4-3-5-7-17/h3-11,15,19,22H,12-14H2,1-2H3,(H,21,23). The SMILES string of the molecule is CC(C)c1ccc(OCC(=O)NCCC(O)c2ccccc2)cc1. The Balaban J connectivity index is 1.68. The second-order valence-corrected chi connectivity index (χ2v) is 6.08. The van der Waals surface area contributed by atoms with Crippen LogP contribution in [0.1, 0.15) is 43.4 Å². The number of hydrogen-bond acceptors (Lipinski definition) is 3. The predicted octanol–water partition coefficient (Wildman–Crippen LogP) is 3.43. The molecule has 1 amide bonds. The van der Waals surface area contributed by atoms with Crippen molar-refractivity contribution in [2.75, 3.05) is 13.2 Å². The Hall–Kier alpha value is -2.33. The first-order chi connectivity index (χ1) is 11.6. The lowest BCUT2D eigenvalue weighted by atomic mass is 10.0. The smallest absolute Gasteiger partial charge is 0.257 e. The highest BCUT2D eigenvalue weighted by molar-refractivity contribution is 5.77. The van der Waals surface area contributed by atoms with Gasteiger partial charge in [-0.2, -0.15) is 0 Å². The third-order valence-corrected chi connectivity index (χ3v) is 3.84. The lowest BCUT2D eigenvalue weighted by Crippen LogP contribution is -2.30. The molecule has 0 fully saturated rings. The molecule has 24 heavy (non-hydrogen) atoms. The van der Waals surface area contributed by atoms with Crippen molar-refractivity contribution < 1.29 is 14.6 Å². The van der Waals surface area contributed by atoms with E-state index >= 15 is 0 Å². The highest BCUT2D eigenvalue weighted by Crippen LogP contribution is 2.18. The quantitative estimate of drug-likeness (QED) is 0.781. The van der Waals surface area contributed by atoms with Crippen LogP contribution < -0.4 is 10.1 Å². The van der Waals surface area contributed by atoms with Gasteiger partial charge in [-0.1, -0.05) is 56.3 Å². The lowest BCUT2D eigenvalue weighted by Gasteiger charge is -2.12. The van der Waals surface area contributed by atoms with Crippen molar-refractivity contribution in [3.63, 3.8) is 0 Å². The van der Waals surface area contributed by atoms with E-state index in [4.69, 9.17) is 4.74 Å². The van der Waals surface area contributed by atoms with Gasteiger partial charge in [0.15, 0.2) is 6.61 Å². The van der Waals surface area contributed by atoms with Gasteiger partial charge in [0.2, 0.25) is 0 Å². The first-order valence-corrected chi connectivity index (χ1v) is 8.28. The van der Waals surface area contributed by atoms with Crippen LogP contribution in [0.5, 0.6) is 5.75 Å². The molecule has 2 N–H and O–H groups in total. The molecule has 2 rings (SSSR count). The maximum atomic E-state index is 11.8. The van der Waals surface area contributed by atoms with Crippen molar-refractivity contribution in [1.82, 2.24) is 5.32 Å². The Kier molecular flexibility index (Phi) is 6.82. The van der Waals surface area contributed by atoms with E-state index in [1.807, 2.05) is 54.6 Å². The molecule has 0 radical (unpaired) electrons. The van der Waals surface area contributed by atoms with Crippen LogP contribution in [0.25, 0.3) is 0 Å². The second kappa shape index (κ2) is 9.08. The minimum absolute atomic E-state index is 0.0253. The fraction of sp³-hybridized carbons (Fsp3) is 0.350. The van der Waals surface area contributed by atoms with Gasteiger partial charge in [-0.15, -0.1) is 0 Å². The van der Waals surface area contributed by atoms with Crippen molar-refractivity contribution >= 4 is 5.91 Å². The summed E-state index contributed by atoms with van der Waals surface area (Å²) < 4.78 is 5.47. The van der Waals surface area contributed by atoms with E-state index in [1.165, 1.54) is 5.56 Å². The van der Waals surface area contributed by atoms with Crippen LogP contribution in [0, 0.1) is 0 Å². The summed E-state index contributed by atoms with van der Waals surface area (Å²) in [4.78, 5) is 11.8. The van der Waals surface area contributed by atoms with Crippen molar-refractivity contribution in [1.29, 1.82) is 0 Å². The summed E-state index contributed by atoms with van der Waals surface area (Å²) in [6.07, 6.45) is -0.102. The molecule has 4 heteroatoms. The summed E-state index contributed by atoms with van der Waals surface area (Å²) in [5, 5.41) is 12.8. The van der Waals surface area contributed by atoms with E-state index in [0.29, 0.717) is 24.6 Å². The number of rotatable bonds is 8. The van der Waals surface area contributed by atoms with Crippen LogP contribution in [0.2, 0.25) is 0 Å². The summed E-state index contributed by atoms with van der Waals surface area (Å²) >= 11 is 0. The zero-order valence-electron chi connectivity index (χ0n) is 14.2. The molecule has 0 bridgehead atoms. The second-order valence-electron chi connectivity index (χ2n) is 6.08. The van der Waals surface area contributed by atoms with E-state index < -0.39 is 6.10 Å². The van der Waals surface area contributed by atoms with Crippen molar-refractivity contribution in [2.45, 2.75) is 32.3 Å². The van der Waals surface area contributed by atoms with Gasteiger partial charge in [0, 0.05) is 6.54 Å². The van der Waals surface area contributed by atoms with Gasteiger partial charge in [0.1, 0.15) is 5.75 Å². The minimum atomic E-state index is -0.573. The van der Waals surface area contributed by atoms with Crippen LogP contribution in [-0.2, 0) is 4.79 Å². The van der Waals surface area contributed by atoms with E-state index in [0.717, 1.165) is 5.56 Å². The topological polar surface area (TPSA) is 58.6 Å². The fourth-order valence-electron chi connectivity index (χ4n) is 2.34. The summed E-state index contributed by atoms with van der Waals surface area (Å²) in [6.45, 7) is 4.65. The van der Waals surface area contributed by atoms with Gasteiger partial charge in [-0.25, -0.2) is 0 Å². The molecule has 0 aliphatic carbocycles. The van der Waals surface area contributed by atoms with E-state index in [9.17, 15) is 9.90 Å². The monoisotopic (exact) mass is 327 g/mol. The molecule has 0 saturated heterocycles. The number of amides is 1. The molecule has 0 saturated carbocycles. The third kappa shape index (κ3) is 5.70. The van der Waals surface area contributed by atoms with Crippen molar-refractivity contribution in [3.05, 3.63) is 65.7 Å². The zero-order valence-corrected chi connectivity index (χ0v) is 14.2. The van der Waals surface area contributed by atoms with Gasteiger partial charge >= 0.3 is 0 Å². The van der Waals surface area contributed by atoms with Gasteiger partial charge in [0.25, 0.3) is 5.91 Å². The van der Waals surface area contributed by atoms with Crippen LogP contribution in [0.3, 0.4) is 0 Å². The Morgan fingerprint density at radius 1 is 1.04 bits per heavy atom. The zero-order chi connectivity index (χ0) is 17.4. The average molecular weight is 327 g/mol. The number of benzene rings is 2. The van der Waals surface area contributed by atoms with E-state index in [1.54, 1.807) is 0 Å². The van der Waals surface area contributed by atoms with Gasteiger partial charge in [-0.3, -0.25) is 4.79 Å². The molecule has 0 aliphatic heterocycles. The van der Waals surface area contributed by atoms with Gasteiger partial charge in [-0.05, 0) is 35.6 Å². The Bertz CT molecular complexity index is 623. The highest BCUT2D eigenvalue weighted by atomic mass is 16.5. The molecule has 0 aromatic heterocycles. The normalized spacial score (nSPS) is 12.0. The van der Waals surface area contributed by atoms with Gasteiger partial charge in [0.05, 0.1) is 6.10 Å². The number of hydrogen-bond donors (Lipinski definition) is 2. The summed E-state index contributed by atoms with van der Waals surface area (Å²) in [5.41, 5.74) is 2.09. The molecule has 1 atom stereocenters. The Morgan fingerprint density at radius 3 is 2.33 bits per heavy atom. The largest absolute Gasteiger partial charge is 0.484 e. The molecule has 2 aromatic carbocycles. The summed E-state index contributed by atoms with van der Waals surface area (Å²) in [7, 11) is 0.